The molecule has 0 saturated carbocycles. The van der Waals surface area contributed by atoms with Gasteiger partial charge in [-0.15, -0.1) is 0 Å². The molecule has 0 fully saturated rings. The third kappa shape index (κ3) is 4.07. The quantitative estimate of drug-likeness (QED) is 0.658. The van der Waals surface area contributed by atoms with Crippen molar-refractivity contribution in [2.75, 3.05) is 0 Å². The largest absolute Gasteiger partial charge is 0.386 e. The molecule has 1 atom stereocenters. The monoisotopic (exact) mass is 155 g/mol. The van der Waals surface area contributed by atoms with E-state index in [1.807, 2.05) is 0 Å². The molecule has 1 N–H and O–H groups in total. The maximum Gasteiger partial charge on any atom is 0.0201 e. The second-order valence-electron chi connectivity index (χ2n) is 3.86. The molecule has 66 valence electrons. The Balaban J connectivity index is 3.83. The molecular formula is C10H21N. The summed E-state index contributed by atoms with van der Waals surface area (Å²) in [6.45, 7) is 14.9. The van der Waals surface area contributed by atoms with Gasteiger partial charge in [-0.25, -0.2) is 0 Å². The Bertz CT molecular complexity index is 125. The van der Waals surface area contributed by atoms with E-state index in [0.717, 1.165) is 5.70 Å². The Labute approximate surface area is 70.9 Å². The van der Waals surface area contributed by atoms with Gasteiger partial charge in [0.15, 0.2) is 0 Å². The summed E-state index contributed by atoms with van der Waals surface area (Å²) < 4.78 is 0. The van der Waals surface area contributed by atoms with Crippen LogP contribution in [0.3, 0.4) is 0 Å². The predicted molar refractivity (Wildman–Crippen MR) is 51.4 cm³/mol. The Kier molecular flexibility index (Phi) is 4.24. The van der Waals surface area contributed by atoms with Gasteiger partial charge < -0.3 is 5.32 Å². The summed E-state index contributed by atoms with van der Waals surface area (Å²) in [7, 11) is 0. The molecule has 0 aliphatic carbocycles. The molecule has 0 amide bonds. The summed E-state index contributed by atoms with van der Waals surface area (Å²) in [5.74, 6) is 1.24. The van der Waals surface area contributed by atoms with Gasteiger partial charge >= 0.3 is 0 Å². The van der Waals surface area contributed by atoms with Crippen molar-refractivity contribution in [2.45, 2.75) is 40.7 Å². The Hall–Kier alpha value is -0.460. The normalized spacial score (nSPS) is 13.7. The van der Waals surface area contributed by atoms with E-state index < -0.39 is 0 Å². The van der Waals surface area contributed by atoms with E-state index in [4.69, 9.17) is 0 Å². The lowest BCUT2D eigenvalue weighted by molar-refractivity contribution is 0.442. The summed E-state index contributed by atoms with van der Waals surface area (Å²) >= 11 is 0. The van der Waals surface area contributed by atoms with Crippen LogP contribution in [-0.2, 0) is 0 Å². The van der Waals surface area contributed by atoms with Gasteiger partial charge in [0.05, 0.1) is 0 Å². The molecular weight excluding hydrogens is 134 g/mol. The first-order valence-electron chi connectivity index (χ1n) is 4.40. The van der Waals surface area contributed by atoms with Crippen LogP contribution in [0.5, 0.6) is 0 Å². The van der Waals surface area contributed by atoms with Gasteiger partial charge in [0, 0.05) is 11.7 Å². The second kappa shape index (κ2) is 4.42. The van der Waals surface area contributed by atoms with Crippen LogP contribution in [0.4, 0.5) is 0 Å². The molecule has 1 nitrogen and oxygen atoms in total. The first-order valence-corrected chi connectivity index (χ1v) is 4.40. The van der Waals surface area contributed by atoms with E-state index in [0.29, 0.717) is 17.9 Å². The highest BCUT2D eigenvalue weighted by Gasteiger charge is 2.10. The van der Waals surface area contributed by atoms with Crippen LogP contribution in [0.1, 0.15) is 34.6 Å². The third-order valence-corrected chi connectivity index (χ3v) is 2.02. The van der Waals surface area contributed by atoms with Gasteiger partial charge in [-0.3, -0.25) is 0 Å². The summed E-state index contributed by atoms with van der Waals surface area (Å²) in [4.78, 5) is 0. The van der Waals surface area contributed by atoms with Gasteiger partial charge in [-0.2, -0.15) is 0 Å². The minimum Gasteiger partial charge on any atom is -0.386 e. The highest BCUT2D eigenvalue weighted by molar-refractivity contribution is 4.98. The van der Waals surface area contributed by atoms with Crippen LogP contribution < -0.4 is 5.32 Å². The molecule has 0 aliphatic rings. The number of rotatable bonds is 4. The number of hydrogen-bond acceptors (Lipinski definition) is 1. The maximum atomic E-state index is 4.00. The Morgan fingerprint density at radius 3 is 1.82 bits per heavy atom. The van der Waals surface area contributed by atoms with Gasteiger partial charge in [0.25, 0.3) is 0 Å². The van der Waals surface area contributed by atoms with Gasteiger partial charge in [0.1, 0.15) is 0 Å². The smallest absolute Gasteiger partial charge is 0.0201 e. The average Bonchev–Trinajstić information content (AvgIpc) is 1.84. The molecule has 0 rings (SSSR count). The average molecular weight is 155 g/mol. The fourth-order valence-electron chi connectivity index (χ4n) is 0.905. The van der Waals surface area contributed by atoms with Crippen molar-refractivity contribution in [3.63, 3.8) is 0 Å². The Morgan fingerprint density at radius 2 is 1.55 bits per heavy atom. The van der Waals surface area contributed by atoms with Crippen LogP contribution in [0.15, 0.2) is 12.3 Å². The van der Waals surface area contributed by atoms with Crippen LogP contribution in [0.25, 0.3) is 0 Å². The Morgan fingerprint density at radius 1 is 1.09 bits per heavy atom. The van der Waals surface area contributed by atoms with Crippen molar-refractivity contribution in [1.82, 2.24) is 5.32 Å². The van der Waals surface area contributed by atoms with Crippen LogP contribution >= 0.6 is 0 Å². The summed E-state index contributed by atoms with van der Waals surface area (Å²) in [6, 6.07) is 0.503. The minimum absolute atomic E-state index is 0.503. The lowest BCUT2D eigenvalue weighted by Gasteiger charge is -2.21. The highest BCUT2D eigenvalue weighted by Crippen LogP contribution is 2.16. The minimum atomic E-state index is 0.503. The zero-order chi connectivity index (χ0) is 9.02. The van der Waals surface area contributed by atoms with E-state index in [2.05, 4.69) is 46.5 Å². The van der Waals surface area contributed by atoms with E-state index in [1.54, 1.807) is 0 Å². The fourth-order valence-corrected chi connectivity index (χ4v) is 0.905. The van der Waals surface area contributed by atoms with E-state index in [1.165, 1.54) is 0 Å². The molecule has 1 heteroatoms. The summed E-state index contributed by atoms with van der Waals surface area (Å²) in [5.41, 5.74) is 1.16. The number of nitrogens with one attached hydrogen (secondary N) is 1. The predicted octanol–water partition coefficient (Wildman–Crippen LogP) is 2.79. The zero-order valence-electron chi connectivity index (χ0n) is 8.44. The van der Waals surface area contributed by atoms with Gasteiger partial charge in [0.2, 0.25) is 0 Å². The van der Waals surface area contributed by atoms with Crippen molar-refractivity contribution in [1.29, 1.82) is 0 Å². The lowest BCUT2D eigenvalue weighted by Crippen LogP contribution is -2.26. The van der Waals surface area contributed by atoms with E-state index in [9.17, 15) is 0 Å². The molecule has 0 heterocycles. The fraction of sp³-hybridized carbons (Fsp3) is 0.800. The van der Waals surface area contributed by atoms with E-state index in [-0.39, 0.29) is 0 Å². The van der Waals surface area contributed by atoms with Crippen molar-refractivity contribution in [2.24, 2.45) is 11.8 Å². The highest BCUT2D eigenvalue weighted by atomic mass is 14.9. The van der Waals surface area contributed by atoms with Crippen LogP contribution in [0, 0.1) is 11.8 Å². The summed E-state index contributed by atoms with van der Waals surface area (Å²) in [5, 5.41) is 3.33. The molecule has 0 spiro atoms. The first kappa shape index (κ1) is 10.5. The standard InChI is InChI=1S/C10H21N/c1-7(2)9(5)10(6)11-8(3)4/h7-9,11H,6H2,1-5H3. The molecule has 0 radical (unpaired) electrons. The second-order valence-corrected chi connectivity index (χ2v) is 3.86. The number of hydrogen-bond donors (Lipinski definition) is 1. The first-order chi connectivity index (χ1) is 4.95. The molecule has 0 saturated heterocycles. The van der Waals surface area contributed by atoms with Crippen LogP contribution in [0.2, 0.25) is 0 Å². The van der Waals surface area contributed by atoms with Gasteiger partial charge in [-0.1, -0.05) is 27.4 Å². The van der Waals surface area contributed by atoms with Crippen molar-refractivity contribution >= 4 is 0 Å². The lowest BCUT2D eigenvalue weighted by atomic mass is 9.95. The van der Waals surface area contributed by atoms with Crippen molar-refractivity contribution < 1.29 is 0 Å². The van der Waals surface area contributed by atoms with Crippen molar-refractivity contribution in [3.8, 4) is 0 Å². The molecule has 11 heavy (non-hydrogen) atoms. The number of allylic oxidation sites excluding steroid dienone is 1. The molecule has 1 unspecified atom stereocenters. The SMILES string of the molecule is C=C(NC(C)C)C(C)C(C)C. The molecule has 0 bridgehead atoms. The third-order valence-electron chi connectivity index (χ3n) is 2.02. The maximum absolute atomic E-state index is 4.00. The van der Waals surface area contributed by atoms with Crippen LogP contribution in [-0.4, -0.2) is 6.04 Å². The molecule has 0 aromatic heterocycles. The molecule has 0 aliphatic heterocycles. The molecule has 0 aromatic rings. The summed E-state index contributed by atoms with van der Waals surface area (Å²) in [6.07, 6.45) is 0. The van der Waals surface area contributed by atoms with Gasteiger partial charge in [-0.05, 0) is 25.7 Å². The zero-order valence-corrected chi connectivity index (χ0v) is 8.44. The van der Waals surface area contributed by atoms with Crippen molar-refractivity contribution in [3.05, 3.63) is 12.3 Å². The molecule has 0 aromatic carbocycles. The van der Waals surface area contributed by atoms with E-state index >= 15 is 0 Å². The topological polar surface area (TPSA) is 12.0 Å².